The van der Waals surface area contributed by atoms with Crippen molar-refractivity contribution in [2.75, 3.05) is 19.6 Å². The lowest BCUT2D eigenvalue weighted by molar-refractivity contribution is 0.0303. The first-order chi connectivity index (χ1) is 9.36. The van der Waals surface area contributed by atoms with Crippen LogP contribution in [0.1, 0.15) is 73.1 Å². The van der Waals surface area contributed by atoms with Crippen LogP contribution in [-0.4, -0.2) is 36.1 Å². The minimum Gasteiger partial charge on any atom is -0.308 e. The van der Waals surface area contributed by atoms with Gasteiger partial charge in [-0.25, -0.2) is 0 Å². The molecule has 0 aromatic heterocycles. The fourth-order valence-corrected chi connectivity index (χ4v) is 3.84. The van der Waals surface area contributed by atoms with Crippen molar-refractivity contribution in [3.63, 3.8) is 0 Å². The van der Waals surface area contributed by atoms with Gasteiger partial charge in [-0.15, -0.1) is 0 Å². The molecule has 1 aliphatic carbocycles. The summed E-state index contributed by atoms with van der Waals surface area (Å²) in [4.78, 5) is 2.82. The molecule has 2 nitrogen and oxygen atoms in total. The molecule has 2 rings (SSSR count). The average molecular weight is 280 g/mol. The fraction of sp³-hybridized carbons (Fsp3) is 1.00. The van der Waals surface area contributed by atoms with Crippen LogP contribution < -0.4 is 5.32 Å². The van der Waals surface area contributed by atoms with Gasteiger partial charge < -0.3 is 5.32 Å². The highest BCUT2D eigenvalue weighted by Gasteiger charge is 2.40. The van der Waals surface area contributed by atoms with Crippen LogP contribution in [0.5, 0.6) is 0 Å². The van der Waals surface area contributed by atoms with Crippen LogP contribution in [0, 0.1) is 11.3 Å². The summed E-state index contributed by atoms with van der Waals surface area (Å²) in [6.45, 7) is 15.7. The van der Waals surface area contributed by atoms with Crippen molar-refractivity contribution in [3.8, 4) is 0 Å². The number of nitrogens with zero attached hydrogens (tertiary/aromatic N) is 1. The molecule has 2 unspecified atom stereocenters. The highest BCUT2D eigenvalue weighted by Crippen LogP contribution is 2.34. The molecule has 0 radical (unpaired) electrons. The van der Waals surface area contributed by atoms with Gasteiger partial charge in [0.25, 0.3) is 0 Å². The number of hydrogen-bond donors (Lipinski definition) is 1. The van der Waals surface area contributed by atoms with E-state index in [0.717, 1.165) is 12.0 Å². The van der Waals surface area contributed by atoms with E-state index < -0.39 is 0 Å². The molecule has 0 aromatic rings. The molecular formula is C18H36N2. The number of nitrogens with one attached hydrogen (secondary N) is 1. The monoisotopic (exact) mass is 280 g/mol. The molecule has 1 saturated heterocycles. The third-order valence-electron chi connectivity index (χ3n) is 6.00. The van der Waals surface area contributed by atoms with Crippen LogP contribution in [0.2, 0.25) is 0 Å². The van der Waals surface area contributed by atoms with Crippen molar-refractivity contribution < 1.29 is 0 Å². The Bertz CT molecular complexity index is 299. The number of piperazine rings is 1. The summed E-state index contributed by atoms with van der Waals surface area (Å²) < 4.78 is 0. The summed E-state index contributed by atoms with van der Waals surface area (Å²) in [5.41, 5.74) is 0.865. The predicted molar refractivity (Wildman–Crippen MR) is 88.1 cm³/mol. The second kappa shape index (κ2) is 6.36. The molecular weight excluding hydrogens is 244 g/mol. The summed E-state index contributed by atoms with van der Waals surface area (Å²) in [7, 11) is 0. The van der Waals surface area contributed by atoms with Crippen LogP contribution in [0.25, 0.3) is 0 Å². The van der Waals surface area contributed by atoms with Crippen LogP contribution in [0.4, 0.5) is 0 Å². The Morgan fingerprint density at radius 1 is 1.20 bits per heavy atom. The Kier molecular flexibility index (Phi) is 5.18. The van der Waals surface area contributed by atoms with Gasteiger partial charge >= 0.3 is 0 Å². The molecule has 0 bridgehead atoms. The zero-order valence-electron chi connectivity index (χ0n) is 14.5. The van der Waals surface area contributed by atoms with E-state index in [4.69, 9.17) is 0 Å². The van der Waals surface area contributed by atoms with E-state index in [2.05, 4.69) is 44.8 Å². The lowest BCUT2D eigenvalue weighted by atomic mass is 9.77. The van der Waals surface area contributed by atoms with Crippen LogP contribution >= 0.6 is 0 Å². The summed E-state index contributed by atoms with van der Waals surface area (Å²) in [6.07, 6.45) is 8.35. The Labute approximate surface area is 126 Å². The lowest BCUT2D eigenvalue weighted by Gasteiger charge is -2.51. The zero-order valence-corrected chi connectivity index (χ0v) is 14.5. The molecule has 1 aliphatic heterocycles. The van der Waals surface area contributed by atoms with Crippen molar-refractivity contribution in [3.05, 3.63) is 0 Å². The van der Waals surface area contributed by atoms with Gasteiger partial charge in [0.15, 0.2) is 0 Å². The molecule has 2 aliphatic rings. The average Bonchev–Trinajstić information content (AvgIpc) is 2.39. The molecule has 118 valence electrons. The Morgan fingerprint density at radius 2 is 1.85 bits per heavy atom. The van der Waals surface area contributed by atoms with Crippen molar-refractivity contribution in [2.24, 2.45) is 11.3 Å². The quantitative estimate of drug-likeness (QED) is 0.839. The third kappa shape index (κ3) is 3.76. The topological polar surface area (TPSA) is 15.3 Å². The Balaban J connectivity index is 2.02. The van der Waals surface area contributed by atoms with Gasteiger partial charge in [0.1, 0.15) is 0 Å². The van der Waals surface area contributed by atoms with E-state index in [0.29, 0.717) is 11.0 Å². The van der Waals surface area contributed by atoms with Crippen LogP contribution in [0.15, 0.2) is 0 Å². The van der Waals surface area contributed by atoms with Crippen molar-refractivity contribution in [1.29, 1.82) is 0 Å². The lowest BCUT2D eigenvalue weighted by Crippen LogP contribution is -2.65. The van der Waals surface area contributed by atoms with E-state index in [-0.39, 0.29) is 0 Å². The van der Waals surface area contributed by atoms with Gasteiger partial charge in [-0.05, 0) is 30.6 Å². The van der Waals surface area contributed by atoms with Gasteiger partial charge in [-0.1, -0.05) is 53.9 Å². The second-order valence-electron chi connectivity index (χ2n) is 8.48. The molecule has 20 heavy (non-hydrogen) atoms. The van der Waals surface area contributed by atoms with Crippen LogP contribution in [0.3, 0.4) is 0 Å². The second-order valence-corrected chi connectivity index (χ2v) is 8.48. The molecule has 2 heteroatoms. The summed E-state index contributed by atoms with van der Waals surface area (Å²) in [5, 5.41) is 3.94. The summed E-state index contributed by atoms with van der Waals surface area (Å²) in [6, 6.07) is 0.743. The van der Waals surface area contributed by atoms with Gasteiger partial charge in [-0.3, -0.25) is 4.90 Å². The van der Waals surface area contributed by atoms with Gasteiger partial charge in [0.05, 0.1) is 0 Å². The number of rotatable bonds is 3. The first-order valence-electron chi connectivity index (χ1n) is 8.85. The van der Waals surface area contributed by atoms with E-state index in [1.54, 1.807) is 0 Å². The van der Waals surface area contributed by atoms with Crippen molar-refractivity contribution >= 4 is 0 Å². The van der Waals surface area contributed by atoms with Crippen molar-refractivity contribution in [1.82, 2.24) is 10.2 Å². The Morgan fingerprint density at radius 3 is 2.40 bits per heavy atom. The van der Waals surface area contributed by atoms with Crippen LogP contribution in [-0.2, 0) is 0 Å². The third-order valence-corrected chi connectivity index (χ3v) is 6.00. The highest BCUT2D eigenvalue weighted by molar-refractivity contribution is 5.00. The minimum absolute atomic E-state index is 0.420. The first kappa shape index (κ1) is 16.3. The summed E-state index contributed by atoms with van der Waals surface area (Å²) in [5.74, 6) is 0.760. The van der Waals surface area contributed by atoms with Gasteiger partial charge in [-0.2, -0.15) is 0 Å². The largest absolute Gasteiger partial charge is 0.308 e. The molecule has 0 aromatic carbocycles. The smallest absolute Gasteiger partial charge is 0.0309 e. The molecule has 2 fully saturated rings. The van der Waals surface area contributed by atoms with E-state index >= 15 is 0 Å². The molecule has 1 N–H and O–H groups in total. The SMILES string of the molecule is CCC1CNC2(CCCCC2)CN1CC(C)C(C)(C)C. The van der Waals surface area contributed by atoms with E-state index in [9.17, 15) is 0 Å². The maximum absolute atomic E-state index is 3.94. The molecule has 2 atom stereocenters. The predicted octanol–water partition coefficient (Wildman–Crippen LogP) is 4.06. The van der Waals surface area contributed by atoms with Crippen molar-refractivity contribution in [2.45, 2.75) is 84.7 Å². The van der Waals surface area contributed by atoms with Gasteiger partial charge in [0, 0.05) is 31.2 Å². The standard InChI is InChI=1S/C18H36N2/c1-6-16-12-19-18(10-8-7-9-11-18)14-20(16)13-15(2)17(3,4)5/h15-16,19H,6-14H2,1-5H3. The maximum atomic E-state index is 3.94. The summed E-state index contributed by atoms with van der Waals surface area (Å²) >= 11 is 0. The maximum Gasteiger partial charge on any atom is 0.0309 e. The fourth-order valence-electron chi connectivity index (χ4n) is 3.84. The normalized spacial score (nSPS) is 29.6. The highest BCUT2D eigenvalue weighted by atomic mass is 15.3. The molecule has 1 spiro atoms. The molecule has 0 amide bonds. The molecule has 1 heterocycles. The molecule has 1 saturated carbocycles. The van der Waals surface area contributed by atoms with E-state index in [1.165, 1.54) is 58.2 Å². The van der Waals surface area contributed by atoms with E-state index in [1.807, 2.05) is 0 Å². The number of hydrogen-bond acceptors (Lipinski definition) is 2. The van der Waals surface area contributed by atoms with Gasteiger partial charge in [0.2, 0.25) is 0 Å². The minimum atomic E-state index is 0.420. The first-order valence-corrected chi connectivity index (χ1v) is 8.85. The zero-order chi connectivity index (χ0) is 14.8. The Hall–Kier alpha value is -0.0800.